The topological polar surface area (TPSA) is 40.7 Å². The molecular weight excluding hydrogens is 186 g/mol. The zero-order valence-corrected chi connectivity index (χ0v) is 8.88. The quantitative estimate of drug-likeness (QED) is 0.778. The fraction of sp³-hybridized carbons (Fsp3) is 0.417. The summed E-state index contributed by atoms with van der Waals surface area (Å²) in [5, 5.41) is 3.30. The summed E-state index contributed by atoms with van der Waals surface area (Å²) in [4.78, 5) is 7.86. The van der Waals surface area contributed by atoms with E-state index in [0.717, 1.165) is 30.9 Å². The van der Waals surface area contributed by atoms with Crippen LogP contribution in [-0.4, -0.2) is 23.1 Å². The van der Waals surface area contributed by atoms with E-state index in [1.54, 1.807) is 0 Å². The molecule has 78 valence electrons. The van der Waals surface area contributed by atoms with Crippen LogP contribution in [-0.2, 0) is 6.42 Å². The largest absolute Gasteiger partial charge is 0.342 e. The van der Waals surface area contributed by atoms with Crippen LogP contribution in [0.25, 0.3) is 11.0 Å². The number of aryl methyl sites for hydroxylation is 1. The molecule has 3 heteroatoms. The molecule has 3 rings (SSSR count). The highest BCUT2D eigenvalue weighted by Crippen LogP contribution is 2.23. The van der Waals surface area contributed by atoms with E-state index >= 15 is 0 Å². The molecule has 1 fully saturated rings. The predicted molar refractivity (Wildman–Crippen MR) is 61.1 cm³/mol. The second-order valence-electron chi connectivity index (χ2n) is 4.17. The van der Waals surface area contributed by atoms with Gasteiger partial charge in [0.05, 0.1) is 11.0 Å². The second kappa shape index (κ2) is 3.35. The lowest BCUT2D eigenvalue weighted by Crippen LogP contribution is -2.39. The van der Waals surface area contributed by atoms with Crippen LogP contribution in [0, 0.1) is 0 Å². The van der Waals surface area contributed by atoms with Gasteiger partial charge in [0.1, 0.15) is 5.82 Å². The number of H-pyrrole nitrogens is 1. The minimum atomic E-state index is 0.697. The molecule has 0 atom stereocenters. The maximum Gasteiger partial charge on any atom is 0.106 e. The van der Waals surface area contributed by atoms with E-state index in [1.807, 2.05) is 0 Å². The molecule has 0 unspecified atom stereocenters. The van der Waals surface area contributed by atoms with Crippen molar-refractivity contribution in [3.8, 4) is 0 Å². The highest BCUT2D eigenvalue weighted by atomic mass is 14.9. The number of benzene rings is 1. The highest BCUT2D eigenvalue weighted by molar-refractivity contribution is 5.76. The Balaban J connectivity index is 2.04. The molecular formula is C12H15N3. The van der Waals surface area contributed by atoms with Crippen molar-refractivity contribution in [2.45, 2.75) is 19.3 Å². The summed E-state index contributed by atoms with van der Waals surface area (Å²) in [7, 11) is 0. The average Bonchev–Trinajstić information content (AvgIpc) is 2.57. The average molecular weight is 201 g/mol. The van der Waals surface area contributed by atoms with Crippen LogP contribution in [0.1, 0.15) is 24.2 Å². The first-order valence-corrected chi connectivity index (χ1v) is 5.56. The van der Waals surface area contributed by atoms with E-state index in [2.05, 4.69) is 40.4 Å². The molecule has 0 radical (unpaired) electrons. The Morgan fingerprint density at radius 1 is 1.40 bits per heavy atom. The van der Waals surface area contributed by atoms with Gasteiger partial charge < -0.3 is 10.3 Å². The van der Waals surface area contributed by atoms with Crippen molar-refractivity contribution >= 4 is 11.0 Å². The Bertz CT molecular complexity index is 483. The molecule has 1 aromatic carbocycles. The minimum absolute atomic E-state index is 0.697. The fourth-order valence-corrected chi connectivity index (χ4v) is 2.03. The Morgan fingerprint density at radius 3 is 2.93 bits per heavy atom. The molecule has 0 amide bonds. The first-order chi connectivity index (χ1) is 7.36. The zero-order valence-electron chi connectivity index (χ0n) is 8.88. The number of fused-ring (bicyclic) bond motifs is 1. The van der Waals surface area contributed by atoms with E-state index < -0.39 is 0 Å². The smallest absolute Gasteiger partial charge is 0.106 e. The van der Waals surface area contributed by atoms with E-state index in [4.69, 9.17) is 0 Å². The maximum atomic E-state index is 4.50. The van der Waals surface area contributed by atoms with E-state index in [9.17, 15) is 0 Å². The van der Waals surface area contributed by atoms with Gasteiger partial charge in [0.25, 0.3) is 0 Å². The number of nitrogens with zero attached hydrogens (tertiary/aromatic N) is 1. The Labute approximate surface area is 88.9 Å². The first-order valence-electron chi connectivity index (χ1n) is 5.56. The number of imidazole rings is 1. The Kier molecular flexibility index (Phi) is 1.99. The first kappa shape index (κ1) is 8.92. The molecule has 0 saturated carbocycles. The SMILES string of the molecule is CCc1nc2ccc(C3CNC3)cc2[nH]1. The molecule has 15 heavy (non-hydrogen) atoms. The summed E-state index contributed by atoms with van der Waals surface area (Å²) in [6.45, 7) is 4.34. The maximum absolute atomic E-state index is 4.50. The van der Waals surface area contributed by atoms with Gasteiger partial charge >= 0.3 is 0 Å². The molecule has 1 aliphatic rings. The molecule has 0 aliphatic carbocycles. The number of hydrogen-bond acceptors (Lipinski definition) is 2. The van der Waals surface area contributed by atoms with Crippen molar-refractivity contribution in [3.05, 3.63) is 29.6 Å². The minimum Gasteiger partial charge on any atom is -0.342 e. The lowest BCUT2D eigenvalue weighted by Gasteiger charge is -2.27. The van der Waals surface area contributed by atoms with E-state index in [-0.39, 0.29) is 0 Å². The number of aromatic amines is 1. The van der Waals surface area contributed by atoms with Gasteiger partial charge in [-0.25, -0.2) is 4.98 Å². The summed E-state index contributed by atoms with van der Waals surface area (Å²) in [6, 6.07) is 6.57. The fourth-order valence-electron chi connectivity index (χ4n) is 2.03. The summed E-state index contributed by atoms with van der Waals surface area (Å²) >= 11 is 0. The number of nitrogens with one attached hydrogen (secondary N) is 2. The Hall–Kier alpha value is -1.35. The van der Waals surface area contributed by atoms with Gasteiger partial charge in [0.15, 0.2) is 0 Å². The molecule has 1 aromatic heterocycles. The third-order valence-corrected chi connectivity index (χ3v) is 3.14. The van der Waals surface area contributed by atoms with Gasteiger partial charge in [0.2, 0.25) is 0 Å². The van der Waals surface area contributed by atoms with Crippen LogP contribution in [0.2, 0.25) is 0 Å². The van der Waals surface area contributed by atoms with Crippen LogP contribution >= 0.6 is 0 Å². The second-order valence-corrected chi connectivity index (χ2v) is 4.17. The number of rotatable bonds is 2. The van der Waals surface area contributed by atoms with Gasteiger partial charge in [-0.2, -0.15) is 0 Å². The Morgan fingerprint density at radius 2 is 2.27 bits per heavy atom. The van der Waals surface area contributed by atoms with Crippen LogP contribution in [0.4, 0.5) is 0 Å². The van der Waals surface area contributed by atoms with Gasteiger partial charge in [0, 0.05) is 25.4 Å². The monoisotopic (exact) mass is 201 g/mol. The zero-order chi connectivity index (χ0) is 10.3. The van der Waals surface area contributed by atoms with Crippen molar-refractivity contribution in [2.24, 2.45) is 0 Å². The molecule has 2 N–H and O–H groups in total. The number of hydrogen-bond donors (Lipinski definition) is 2. The van der Waals surface area contributed by atoms with Gasteiger partial charge in [-0.1, -0.05) is 13.0 Å². The number of aromatic nitrogens is 2. The molecule has 3 nitrogen and oxygen atoms in total. The molecule has 0 spiro atoms. The van der Waals surface area contributed by atoms with Crippen LogP contribution in [0.3, 0.4) is 0 Å². The van der Waals surface area contributed by atoms with Gasteiger partial charge in [-0.15, -0.1) is 0 Å². The molecule has 0 bridgehead atoms. The van der Waals surface area contributed by atoms with Crippen LogP contribution in [0.15, 0.2) is 18.2 Å². The lowest BCUT2D eigenvalue weighted by molar-refractivity contribution is 0.449. The van der Waals surface area contributed by atoms with Crippen molar-refractivity contribution in [1.82, 2.24) is 15.3 Å². The van der Waals surface area contributed by atoms with Gasteiger partial charge in [-0.05, 0) is 17.7 Å². The van der Waals surface area contributed by atoms with Gasteiger partial charge in [-0.3, -0.25) is 0 Å². The van der Waals surface area contributed by atoms with Crippen LogP contribution in [0.5, 0.6) is 0 Å². The standard InChI is InChI=1S/C12H15N3/c1-2-12-14-10-4-3-8(5-11(10)15-12)9-6-13-7-9/h3-5,9,13H,2,6-7H2,1H3,(H,14,15). The predicted octanol–water partition coefficient (Wildman–Crippen LogP) is 1.81. The summed E-state index contributed by atoms with van der Waals surface area (Å²) < 4.78 is 0. The highest BCUT2D eigenvalue weighted by Gasteiger charge is 2.19. The third kappa shape index (κ3) is 1.43. The summed E-state index contributed by atoms with van der Waals surface area (Å²) in [5.74, 6) is 1.77. The van der Waals surface area contributed by atoms with E-state index in [1.165, 1.54) is 11.1 Å². The van der Waals surface area contributed by atoms with Crippen LogP contribution < -0.4 is 5.32 Å². The van der Waals surface area contributed by atoms with Crippen molar-refractivity contribution in [2.75, 3.05) is 13.1 Å². The van der Waals surface area contributed by atoms with Crippen molar-refractivity contribution < 1.29 is 0 Å². The summed E-state index contributed by atoms with van der Waals surface area (Å²) in [5.41, 5.74) is 3.69. The van der Waals surface area contributed by atoms with Crippen molar-refractivity contribution in [1.29, 1.82) is 0 Å². The molecule has 2 heterocycles. The molecule has 1 saturated heterocycles. The molecule has 1 aliphatic heterocycles. The van der Waals surface area contributed by atoms with E-state index in [0.29, 0.717) is 5.92 Å². The third-order valence-electron chi connectivity index (χ3n) is 3.14. The molecule has 2 aromatic rings. The summed E-state index contributed by atoms with van der Waals surface area (Å²) in [6.07, 6.45) is 0.967. The lowest BCUT2D eigenvalue weighted by atomic mass is 9.93. The van der Waals surface area contributed by atoms with Crippen molar-refractivity contribution in [3.63, 3.8) is 0 Å². The normalized spacial score (nSPS) is 16.9.